The normalized spacial score (nSPS) is 10.7. The second kappa shape index (κ2) is 5.92. The van der Waals surface area contributed by atoms with Crippen LogP contribution in [0.2, 0.25) is 0 Å². The molecule has 0 aliphatic rings. The predicted octanol–water partition coefficient (Wildman–Crippen LogP) is 2.00. The van der Waals surface area contributed by atoms with E-state index in [2.05, 4.69) is 31.9 Å². The quantitative estimate of drug-likeness (QED) is 0.780. The molecule has 0 saturated heterocycles. The lowest BCUT2D eigenvalue weighted by molar-refractivity contribution is 0.705. The zero-order chi connectivity index (χ0) is 14.7. The van der Waals surface area contributed by atoms with Crippen molar-refractivity contribution in [3.05, 3.63) is 54.1 Å². The van der Waals surface area contributed by atoms with Crippen LogP contribution in [0.4, 0.5) is 10.3 Å². The first-order valence-electron chi connectivity index (χ1n) is 6.56. The highest BCUT2D eigenvalue weighted by Crippen LogP contribution is 2.21. The van der Waals surface area contributed by atoms with Crippen molar-refractivity contribution in [2.24, 2.45) is 0 Å². The molecule has 7 heteroatoms. The van der Waals surface area contributed by atoms with E-state index >= 15 is 0 Å². The molecule has 108 valence electrons. The highest BCUT2D eigenvalue weighted by Gasteiger charge is 2.11. The van der Waals surface area contributed by atoms with Crippen molar-refractivity contribution in [1.29, 1.82) is 0 Å². The highest BCUT2D eigenvalue weighted by molar-refractivity contribution is 7.18. The molecule has 2 N–H and O–H groups in total. The van der Waals surface area contributed by atoms with Gasteiger partial charge >= 0.3 is 0 Å². The summed E-state index contributed by atoms with van der Waals surface area (Å²) in [4.78, 5) is 6.43. The van der Waals surface area contributed by atoms with Gasteiger partial charge in [0.05, 0.1) is 6.54 Å². The van der Waals surface area contributed by atoms with Crippen LogP contribution in [0, 0.1) is 0 Å². The number of anilines is 2. The Labute approximate surface area is 126 Å². The van der Waals surface area contributed by atoms with Gasteiger partial charge in [0.15, 0.2) is 0 Å². The summed E-state index contributed by atoms with van der Waals surface area (Å²) in [6.07, 6.45) is 3.81. The molecule has 2 aromatic heterocycles. The number of nitrogens with two attached hydrogens (primary N) is 1. The molecule has 0 spiro atoms. The molecule has 2 heterocycles. The molecule has 0 aliphatic carbocycles. The Morgan fingerprint density at radius 1 is 1.24 bits per heavy atom. The zero-order valence-corrected chi connectivity index (χ0v) is 12.5. The van der Waals surface area contributed by atoms with Crippen molar-refractivity contribution in [3.8, 4) is 0 Å². The van der Waals surface area contributed by atoms with E-state index in [0.717, 1.165) is 17.5 Å². The third kappa shape index (κ3) is 3.19. The van der Waals surface area contributed by atoms with Gasteiger partial charge in [-0.05, 0) is 5.56 Å². The van der Waals surface area contributed by atoms with Crippen molar-refractivity contribution in [1.82, 2.24) is 19.7 Å². The van der Waals surface area contributed by atoms with Gasteiger partial charge in [-0.25, -0.2) is 4.98 Å². The second-order valence-electron chi connectivity index (χ2n) is 4.74. The van der Waals surface area contributed by atoms with E-state index in [9.17, 15) is 0 Å². The summed E-state index contributed by atoms with van der Waals surface area (Å²) in [7, 11) is 1.96. The Morgan fingerprint density at radius 3 is 2.76 bits per heavy atom. The van der Waals surface area contributed by atoms with Crippen LogP contribution in [-0.2, 0) is 13.1 Å². The fourth-order valence-electron chi connectivity index (χ4n) is 2.08. The van der Waals surface area contributed by atoms with Crippen molar-refractivity contribution in [2.75, 3.05) is 17.7 Å². The van der Waals surface area contributed by atoms with Crippen LogP contribution in [0.25, 0.3) is 0 Å². The molecule has 0 bridgehead atoms. The number of imidazole rings is 1. The molecule has 6 nitrogen and oxygen atoms in total. The zero-order valence-electron chi connectivity index (χ0n) is 11.7. The van der Waals surface area contributed by atoms with Crippen LogP contribution in [0.5, 0.6) is 0 Å². The maximum atomic E-state index is 5.62. The molecule has 3 rings (SSSR count). The van der Waals surface area contributed by atoms with Gasteiger partial charge in [0.1, 0.15) is 5.82 Å². The van der Waals surface area contributed by atoms with Gasteiger partial charge < -0.3 is 15.2 Å². The Balaban J connectivity index is 1.73. The van der Waals surface area contributed by atoms with Crippen molar-refractivity contribution >= 4 is 21.6 Å². The third-order valence-electron chi connectivity index (χ3n) is 3.13. The summed E-state index contributed by atoms with van der Waals surface area (Å²) in [5.74, 6) is 0.982. The predicted molar refractivity (Wildman–Crippen MR) is 84.2 cm³/mol. The van der Waals surface area contributed by atoms with E-state index in [1.807, 2.05) is 42.5 Å². The molecular weight excluding hydrogens is 284 g/mol. The fraction of sp³-hybridized carbons (Fsp3) is 0.214. The number of nitrogens with zero attached hydrogens (tertiary/aromatic N) is 5. The van der Waals surface area contributed by atoms with E-state index < -0.39 is 0 Å². The first kappa shape index (κ1) is 13.6. The molecule has 0 aliphatic heterocycles. The summed E-state index contributed by atoms with van der Waals surface area (Å²) >= 11 is 1.37. The minimum Gasteiger partial charge on any atom is -0.374 e. The molecule has 0 saturated carbocycles. The Hall–Kier alpha value is -2.41. The smallest absolute Gasteiger partial charge is 0.210 e. The largest absolute Gasteiger partial charge is 0.374 e. The second-order valence-corrected chi connectivity index (χ2v) is 5.72. The Kier molecular flexibility index (Phi) is 3.83. The maximum absolute atomic E-state index is 5.62. The molecule has 0 unspecified atom stereocenters. The molecule has 0 amide bonds. The van der Waals surface area contributed by atoms with Crippen molar-refractivity contribution in [3.63, 3.8) is 0 Å². The first-order valence-corrected chi connectivity index (χ1v) is 7.38. The van der Waals surface area contributed by atoms with Gasteiger partial charge in [-0.2, -0.15) is 0 Å². The molecule has 21 heavy (non-hydrogen) atoms. The average molecular weight is 300 g/mol. The first-order chi connectivity index (χ1) is 10.2. The highest BCUT2D eigenvalue weighted by atomic mass is 32.1. The van der Waals surface area contributed by atoms with Crippen LogP contribution >= 0.6 is 11.3 Å². The van der Waals surface area contributed by atoms with Gasteiger partial charge in [-0.1, -0.05) is 41.7 Å². The van der Waals surface area contributed by atoms with Crippen molar-refractivity contribution in [2.45, 2.75) is 13.1 Å². The molecule has 0 atom stereocenters. The summed E-state index contributed by atoms with van der Waals surface area (Å²) in [5, 5.41) is 9.15. The standard InChI is InChI=1S/C14H16N6S/c1-19(14-18-17-13(15)21-14)10-12-16-7-8-20(12)9-11-5-3-2-4-6-11/h2-8H,9-10H2,1H3,(H2,15,17). The maximum Gasteiger partial charge on any atom is 0.210 e. The number of benzene rings is 1. The van der Waals surface area contributed by atoms with E-state index in [4.69, 9.17) is 5.73 Å². The number of aromatic nitrogens is 4. The van der Waals surface area contributed by atoms with E-state index in [1.54, 1.807) is 0 Å². The monoisotopic (exact) mass is 300 g/mol. The summed E-state index contributed by atoms with van der Waals surface area (Å²) < 4.78 is 2.14. The number of hydrogen-bond acceptors (Lipinski definition) is 6. The number of hydrogen-bond donors (Lipinski definition) is 1. The molecule has 0 fully saturated rings. The SMILES string of the molecule is CN(Cc1nccn1Cc1ccccc1)c1nnc(N)s1. The van der Waals surface area contributed by atoms with Gasteiger partial charge in [0.2, 0.25) is 10.3 Å². The van der Waals surface area contributed by atoms with E-state index in [0.29, 0.717) is 11.7 Å². The van der Waals surface area contributed by atoms with Crippen LogP contribution in [0.1, 0.15) is 11.4 Å². The molecule has 1 aromatic carbocycles. The van der Waals surface area contributed by atoms with Crippen LogP contribution in [0.3, 0.4) is 0 Å². The lowest BCUT2D eigenvalue weighted by Gasteiger charge is -2.16. The van der Waals surface area contributed by atoms with Gasteiger partial charge in [0.25, 0.3) is 0 Å². The third-order valence-corrected chi connectivity index (χ3v) is 4.00. The lowest BCUT2D eigenvalue weighted by Crippen LogP contribution is -2.19. The molecule has 3 aromatic rings. The molecular formula is C14H16N6S. The topological polar surface area (TPSA) is 72.9 Å². The van der Waals surface area contributed by atoms with E-state index in [1.165, 1.54) is 16.9 Å². The average Bonchev–Trinajstić information content (AvgIpc) is 3.10. The summed E-state index contributed by atoms with van der Waals surface area (Å²) in [5.41, 5.74) is 6.87. The minimum atomic E-state index is 0.476. The van der Waals surface area contributed by atoms with Crippen LogP contribution < -0.4 is 10.6 Å². The summed E-state index contributed by atoms with van der Waals surface area (Å²) in [6.45, 7) is 1.47. The van der Waals surface area contributed by atoms with Crippen LogP contribution in [0.15, 0.2) is 42.7 Å². The van der Waals surface area contributed by atoms with E-state index in [-0.39, 0.29) is 0 Å². The lowest BCUT2D eigenvalue weighted by atomic mass is 10.2. The van der Waals surface area contributed by atoms with Crippen LogP contribution in [-0.4, -0.2) is 26.8 Å². The molecule has 0 radical (unpaired) electrons. The Morgan fingerprint density at radius 2 is 2.05 bits per heavy atom. The summed E-state index contributed by atoms with van der Waals surface area (Å²) in [6, 6.07) is 10.3. The number of rotatable bonds is 5. The Bertz CT molecular complexity index is 705. The minimum absolute atomic E-state index is 0.476. The fourth-order valence-corrected chi connectivity index (χ4v) is 2.65. The van der Waals surface area contributed by atoms with Gasteiger partial charge in [-0.3, -0.25) is 0 Å². The van der Waals surface area contributed by atoms with Gasteiger partial charge in [-0.15, -0.1) is 10.2 Å². The van der Waals surface area contributed by atoms with Gasteiger partial charge in [0, 0.05) is 26.0 Å². The van der Waals surface area contributed by atoms with Crippen molar-refractivity contribution < 1.29 is 0 Å². The number of nitrogen functional groups attached to an aromatic ring is 1.